The van der Waals surface area contributed by atoms with Crippen molar-refractivity contribution in [1.82, 2.24) is 19.4 Å². The Morgan fingerprint density at radius 1 is 1.19 bits per heavy atom. The van der Waals surface area contributed by atoms with Crippen LogP contribution < -0.4 is 0 Å². The van der Waals surface area contributed by atoms with Crippen LogP contribution in [0.2, 0.25) is 0 Å². The van der Waals surface area contributed by atoms with E-state index in [2.05, 4.69) is 4.98 Å². The lowest BCUT2D eigenvalue weighted by Crippen LogP contribution is -2.40. The summed E-state index contributed by atoms with van der Waals surface area (Å²) in [5.41, 5.74) is 2.57. The normalized spacial score (nSPS) is 16.9. The SMILES string of the molecule is Cc1cc(Cc2cccc(C(F)(F)F)c2)cc([C@@H]2CCCN(C(=O)c3nccn3C)C2)n1. The van der Waals surface area contributed by atoms with Crippen molar-refractivity contribution in [2.45, 2.75) is 38.3 Å². The molecule has 1 saturated heterocycles. The number of carbonyl (C=O) groups is 1. The molecule has 5 nitrogen and oxygen atoms in total. The largest absolute Gasteiger partial charge is 0.416 e. The molecule has 0 spiro atoms. The van der Waals surface area contributed by atoms with E-state index in [4.69, 9.17) is 4.98 Å². The topological polar surface area (TPSA) is 51.0 Å². The van der Waals surface area contributed by atoms with Crippen molar-refractivity contribution in [3.05, 3.63) is 82.7 Å². The first-order chi connectivity index (χ1) is 15.2. The average molecular weight is 442 g/mol. The highest BCUT2D eigenvalue weighted by atomic mass is 19.4. The Hall–Kier alpha value is -3.16. The number of benzene rings is 1. The molecule has 0 N–H and O–H groups in total. The maximum Gasteiger partial charge on any atom is 0.416 e. The molecule has 3 aromatic rings. The van der Waals surface area contributed by atoms with E-state index in [9.17, 15) is 18.0 Å². The molecule has 0 radical (unpaired) electrons. The first-order valence-corrected chi connectivity index (χ1v) is 10.6. The van der Waals surface area contributed by atoms with Crippen LogP contribution in [0.25, 0.3) is 0 Å². The van der Waals surface area contributed by atoms with Gasteiger partial charge >= 0.3 is 6.18 Å². The zero-order valence-electron chi connectivity index (χ0n) is 18.1. The molecule has 32 heavy (non-hydrogen) atoms. The Labute approximate surface area is 184 Å². The molecule has 0 bridgehead atoms. The summed E-state index contributed by atoms with van der Waals surface area (Å²) in [5.74, 6) is 0.389. The maximum atomic E-state index is 13.1. The maximum absolute atomic E-state index is 13.1. The van der Waals surface area contributed by atoms with Gasteiger partial charge in [0.05, 0.1) is 5.56 Å². The Balaban J connectivity index is 1.54. The molecule has 1 atom stereocenters. The van der Waals surface area contributed by atoms with Gasteiger partial charge in [0.2, 0.25) is 0 Å². The van der Waals surface area contributed by atoms with Gasteiger partial charge in [-0.05, 0) is 55.5 Å². The molecule has 0 unspecified atom stereocenters. The van der Waals surface area contributed by atoms with Crippen molar-refractivity contribution in [2.24, 2.45) is 7.05 Å². The molecular weight excluding hydrogens is 417 g/mol. The Bertz CT molecular complexity index is 1120. The van der Waals surface area contributed by atoms with Crippen LogP contribution in [0.4, 0.5) is 13.2 Å². The van der Waals surface area contributed by atoms with E-state index in [1.807, 2.05) is 24.0 Å². The Kier molecular flexibility index (Phi) is 6.04. The van der Waals surface area contributed by atoms with Crippen molar-refractivity contribution in [1.29, 1.82) is 0 Å². The van der Waals surface area contributed by atoms with Crippen molar-refractivity contribution in [3.63, 3.8) is 0 Å². The zero-order valence-corrected chi connectivity index (χ0v) is 18.1. The van der Waals surface area contributed by atoms with Gasteiger partial charge in [0.1, 0.15) is 0 Å². The molecule has 0 aliphatic carbocycles. The van der Waals surface area contributed by atoms with Crippen LogP contribution in [0.3, 0.4) is 0 Å². The average Bonchev–Trinajstić information content (AvgIpc) is 3.18. The molecule has 1 aliphatic heterocycles. The molecule has 8 heteroatoms. The minimum atomic E-state index is -4.36. The van der Waals surface area contributed by atoms with E-state index in [-0.39, 0.29) is 11.8 Å². The summed E-state index contributed by atoms with van der Waals surface area (Å²) in [7, 11) is 1.80. The first-order valence-electron chi connectivity index (χ1n) is 10.6. The summed E-state index contributed by atoms with van der Waals surface area (Å²) in [6.45, 7) is 3.11. The quantitative estimate of drug-likeness (QED) is 0.586. The standard InChI is InChI=1S/C24H25F3N4O/c1-16-11-18(12-17-5-3-7-20(13-17)24(25,26)27)14-21(29-16)19-6-4-9-31(15-19)23(32)22-28-8-10-30(22)2/h3,5,7-8,10-11,13-14,19H,4,6,9,12,15H2,1-2H3/t19-/m1/s1. The summed E-state index contributed by atoms with van der Waals surface area (Å²) in [4.78, 5) is 23.5. The molecule has 168 valence electrons. The van der Waals surface area contributed by atoms with Gasteiger partial charge in [-0.3, -0.25) is 9.78 Å². The summed E-state index contributed by atoms with van der Waals surface area (Å²) in [6.07, 6.45) is 1.15. The Morgan fingerprint density at radius 2 is 2.00 bits per heavy atom. The second-order valence-electron chi connectivity index (χ2n) is 8.37. The molecule has 1 fully saturated rings. The van der Waals surface area contributed by atoms with Gasteiger partial charge in [0, 0.05) is 49.8 Å². The van der Waals surface area contributed by atoms with Crippen LogP contribution >= 0.6 is 0 Å². The Morgan fingerprint density at radius 3 is 2.72 bits per heavy atom. The monoisotopic (exact) mass is 442 g/mol. The highest BCUT2D eigenvalue weighted by Gasteiger charge is 2.31. The number of hydrogen-bond acceptors (Lipinski definition) is 3. The number of alkyl halides is 3. The molecule has 1 aromatic carbocycles. The van der Waals surface area contributed by atoms with E-state index in [1.165, 1.54) is 12.1 Å². The second kappa shape index (κ2) is 8.76. The molecular formula is C24H25F3N4O. The third-order valence-corrected chi connectivity index (χ3v) is 5.83. The van der Waals surface area contributed by atoms with Crippen molar-refractivity contribution < 1.29 is 18.0 Å². The van der Waals surface area contributed by atoms with E-state index in [0.29, 0.717) is 30.9 Å². The van der Waals surface area contributed by atoms with Gasteiger partial charge < -0.3 is 9.47 Å². The van der Waals surface area contributed by atoms with E-state index in [1.54, 1.807) is 30.1 Å². The van der Waals surface area contributed by atoms with Crippen LogP contribution in [-0.2, 0) is 19.6 Å². The third kappa shape index (κ3) is 4.84. The number of rotatable bonds is 4. The number of piperidine rings is 1. The van der Waals surface area contributed by atoms with Gasteiger partial charge in [0.15, 0.2) is 5.82 Å². The van der Waals surface area contributed by atoms with Gasteiger partial charge in [-0.25, -0.2) is 4.98 Å². The number of nitrogens with zero attached hydrogens (tertiary/aromatic N) is 4. The fourth-order valence-corrected chi connectivity index (χ4v) is 4.29. The summed E-state index contributed by atoms with van der Waals surface area (Å²) in [6, 6.07) is 9.30. The molecule has 1 aliphatic rings. The minimum Gasteiger partial charge on any atom is -0.335 e. The summed E-state index contributed by atoms with van der Waals surface area (Å²) >= 11 is 0. The molecule has 0 saturated carbocycles. The second-order valence-corrected chi connectivity index (χ2v) is 8.37. The van der Waals surface area contributed by atoms with Crippen molar-refractivity contribution in [3.8, 4) is 0 Å². The number of imidazole rings is 1. The zero-order chi connectivity index (χ0) is 22.9. The number of aromatic nitrogens is 3. The highest BCUT2D eigenvalue weighted by Crippen LogP contribution is 2.31. The number of hydrogen-bond donors (Lipinski definition) is 0. The van der Waals surface area contributed by atoms with E-state index >= 15 is 0 Å². The number of aryl methyl sites for hydroxylation is 2. The molecule has 2 aromatic heterocycles. The van der Waals surface area contributed by atoms with E-state index in [0.717, 1.165) is 35.9 Å². The predicted molar refractivity (Wildman–Crippen MR) is 114 cm³/mol. The lowest BCUT2D eigenvalue weighted by atomic mass is 9.92. The highest BCUT2D eigenvalue weighted by molar-refractivity contribution is 5.90. The summed E-state index contributed by atoms with van der Waals surface area (Å²) < 4.78 is 40.9. The number of likely N-dealkylation sites (tertiary alicyclic amines) is 1. The first kappa shape index (κ1) is 22.0. The van der Waals surface area contributed by atoms with Gasteiger partial charge in [-0.1, -0.05) is 18.2 Å². The van der Waals surface area contributed by atoms with E-state index < -0.39 is 11.7 Å². The molecule has 1 amide bonds. The molecule has 4 rings (SSSR count). The van der Waals surface area contributed by atoms with Crippen LogP contribution in [0.15, 0.2) is 48.8 Å². The molecule has 3 heterocycles. The number of amides is 1. The fraction of sp³-hybridized carbons (Fsp3) is 0.375. The number of halogens is 3. The lowest BCUT2D eigenvalue weighted by Gasteiger charge is -2.32. The van der Waals surface area contributed by atoms with Gasteiger partial charge in [-0.2, -0.15) is 13.2 Å². The smallest absolute Gasteiger partial charge is 0.335 e. The summed E-state index contributed by atoms with van der Waals surface area (Å²) in [5, 5.41) is 0. The lowest BCUT2D eigenvalue weighted by molar-refractivity contribution is -0.137. The van der Waals surface area contributed by atoms with Crippen LogP contribution in [0.5, 0.6) is 0 Å². The van der Waals surface area contributed by atoms with Gasteiger partial charge in [0.25, 0.3) is 5.91 Å². The van der Waals surface area contributed by atoms with Crippen LogP contribution in [0.1, 0.15) is 57.5 Å². The fourth-order valence-electron chi connectivity index (χ4n) is 4.29. The number of pyridine rings is 1. The van der Waals surface area contributed by atoms with Crippen molar-refractivity contribution in [2.75, 3.05) is 13.1 Å². The predicted octanol–water partition coefficient (Wildman–Crippen LogP) is 4.75. The van der Waals surface area contributed by atoms with Crippen LogP contribution in [-0.4, -0.2) is 38.4 Å². The van der Waals surface area contributed by atoms with Crippen molar-refractivity contribution >= 4 is 5.91 Å². The van der Waals surface area contributed by atoms with Gasteiger partial charge in [-0.15, -0.1) is 0 Å². The number of carbonyl (C=O) groups excluding carboxylic acids is 1. The minimum absolute atomic E-state index is 0.0770. The van der Waals surface area contributed by atoms with Crippen LogP contribution in [0, 0.1) is 6.92 Å². The third-order valence-electron chi connectivity index (χ3n) is 5.83.